The van der Waals surface area contributed by atoms with Crippen molar-refractivity contribution in [2.75, 3.05) is 7.11 Å². The van der Waals surface area contributed by atoms with Gasteiger partial charge in [-0.05, 0) is 0 Å². The third kappa shape index (κ3) is 1.47. The molecule has 0 aliphatic rings. The maximum atomic E-state index is 8.79. The molecule has 1 aromatic rings. The van der Waals surface area contributed by atoms with Gasteiger partial charge in [0.1, 0.15) is 5.75 Å². The molecule has 1 aromatic heterocycles. The van der Waals surface area contributed by atoms with E-state index in [1.165, 1.54) is 6.20 Å². The van der Waals surface area contributed by atoms with Crippen molar-refractivity contribution in [3.8, 4) is 5.75 Å². The van der Waals surface area contributed by atoms with Crippen LogP contribution >= 0.6 is 0 Å². The summed E-state index contributed by atoms with van der Waals surface area (Å²) in [5.41, 5.74) is 0.884. The Hall–Kier alpha value is -0.960. The molecule has 0 saturated heterocycles. The molecule has 0 aliphatic heterocycles. The van der Waals surface area contributed by atoms with Crippen molar-refractivity contribution < 1.29 is 9.84 Å². The number of aromatic nitrogens is 1. The molecule has 0 unspecified atom stereocenters. The van der Waals surface area contributed by atoms with Gasteiger partial charge in [-0.2, -0.15) is 0 Å². The van der Waals surface area contributed by atoms with Crippen LogP contribution in [0.15, 0.2) is 12.3 Å². The van der Waals surface area contributed by atoms with Gasteiger partial charge in [0.2, 0.25) is 0 Å². The molecule has 0 aromatic carbocycles. The summed E-state index contributed by atoms with van der Waals surface area (Å²) >= 11 is 0. The second-order valence-electron chi connectivity index (χ2n) is 1.82. The second-order valence-corrected chi connectivity index (χ2v) is 1.82. The Bertz CT molecular complexity index is 183. The van der Waals surface area contributed by atoms with Crippen molar-refractivity contribution in [3.05, 3.63) is 18.0 Å². The van der Waals surface area contributed by atoms with Gasteiger partial charge in [-0.3, -0.25) is 0 Å². The van der Waals surface area contributed by atoms with Gasteiger partial charge in [0.05, 0.1) is 6.61 Å². The molecule has 0 radical (unpaired) electrons. The van der Waals surface area contributed by atoms with E-state index in [4.69, 9.17) is 9.84 Å². The summed E-state index contributed by atoms with van der Waals surface area (Å²) < 4.78 is 4.80. The van der Waals surface area contributed by atoms with E-state index in [-0.39, 0.29) is 5.75 Å². The van der Waals surface area contributed by atoms with Gasteiger partial charge in [0.25, 0.3) is 0 Å². The first-order valence-electron chi connectivity index (χ1n) is 2.68. The van der Waals surface area contributed by atoms with Crippen LogP contribution in [-0.2, 0) is 11.3 Å². The minimum atomic E-state index is 0.252. The number of hydrogen-bond acceptors (Lipinski definition) is 2. The van der Waals surface area contributed by atoms with Gasteiger partial charge in [0.15, 0.2) is 0 Å². The van der Waals surface area contributed by atoms with Crippen molar-refractivity contribution in [1.82, 2.24) is 4.98 Å². The molecule has 3 heteroatoms. The third-order valence-electron chi connectivity index (χ3n) is 1.03. The molecule has 0 bridgehead atoms. The van der Waals surface area contributed by atoms with Crippen LogP contribution < -0.4 is 0 Å². The van der Waals surface area contributed by atoms with Crippen LogP contribution in [0.5, 0.6) is 5.75 Å². The highest BCUT2D eigenvalue weighted by atomic mass is 16.5. The maximum Gasteiger partial charge on any atom is 0.133 e. The lowest BCUT2D eigenvalue weighted by Crippen LogP contribution is -1.84. The van der Waals surface area contributed by atoms with Crippen LogP contribution in [0.4, 0.5) is 0 Å². The van der Waals surface area contributed by atoms with E-state index in [1.54, 1.807) is 13.2 Å². The van der Waals surface area contributed by atoms with Gasteiger partial charge in [-0.25, -0.2) is 0 Å². The Balaban J connectivity index is 2.61. The van der Waals surface area contributed by atoms with E-state index in [2.05, 4.69) is 4.98 Å². The van der Waals surface area contributed by atoms with Crippen molar-refractivity contribution in [2.45, 2.75) is 6.61 Å². The van der Waals surface area contributed by atoms with Gasteiger partial charge in [-0.15, -0.1) is 0 Å². The Kier molecular flexibility index (Phi) is 1.75. The quantitative estimate of drug-likeness (QED) is 0.619. The average Bonchev–Trinajstić information content (AvgIpc) is 2.17. The maximum absolute atomic E-state index is 8.79. The fraction of sp³-hybridized carbons (Fsp3) is 0.333. The number of aromatic amines is 1. The summed E-state index contributed by atoms with van der Waals surface area (Å²) in [4.78, 5) is 2.83. The minimum absolute atomic E-state index is 0.252. The molecule has 9 heavy (non-hydrogen) atoms. The van der Waals surface area contributed by atoms with Crippen molar-refractivity contribution in [3.63, 3.8) is 0 Å². The number of rotatable bonds is 2. The first-order valence-corrected chi connectivity index (χ1v) is 2.68. The summed E-state index contributed by atoms with van der Waals surface area (Å²) in [5, 5.41) is 8.79. The topological polar surface area (TPSA) is 45.2 Å². The molecule has 0 spiro atoms. The second kappa shape index (κ2) is 2.55. The molecular weight excluding hydrogens is 118 g/mol. The monoisotopic (exact) mass is 127 g/mol. The van der Waals surface area contributed by atoms with Gasteiger partial charge in [0, 0.05) is 25.1 Å². The summed E-state index contributed by atoms with van der Waals surface area (Å²) in [6.45, 7) is 0.514. The average molecular weight is 127 g/mol. The van der Waals surface area contributed by atoms with Gasteiger partial charge >= 0.3 is 0 Å². The highest BCUT2D eigenvalue weighted by molar-refractivity contribution is 5.20. The summed E-state index contributed by atoms with van der Waals surface area (Å²) in [6.07, 6.45) is 1.52. The first kappa shape index (κ1) is 6.16. The number of hydrogen-bond donors (Lipinski definition) is 2. The van der Waals surface area contributed by atoms with Crippen LogP contribution in [0.1, 0.15) is 5.69 Å². The molecule has 1 heterocycles. The summed E-state index contributed by atoms with van der Waals surface area (Å²) in [7, 11) is 1.61. The Morgan fingerprint density at radius 2 is 2.56 bits per heavy atom. The van der Waals surface area contributed by atoms with Crippen LogP contribution in [0.3, 0.4) is 0 Å². The van der Waals surface area contributed by atoms with E-state index in [0.717, 1.165) is 5.69 Å². The number of ether oxygens (including phenoxy) is 1. The Labute approximate surface area is 53.3 Å². The SMILES string of the molecule is COCc1cc(O)c[nH]1. The zero-order valence-corrected chi connectivity index (χ0v) is 5.22. The number of aromatic hydroxyl groups is 1. The lowest BCUT2D eigenvalue weighted by atomic mass is 10.4. The van der Waals surface area contributed by atoms with E-state index in [0.29, 0.717) is 6.61 Å². The third-order valence-corrected chi connectivity index (χ3v) is 1.03. The molecule has 1 rings (SSSR count). The molecule has 50 valence electrons. The van der Waals surface area contributed by atoms with Crippen LogP contribution in [0.2, 0.25) is 0 Å². The predicted molar refractivity (Wildman–Crippen MR) is 33.2 cm³/mol. The predicted octanol–water partition coefficient (Wildman–Crippen LogP) is 0.867. The van der Waals surface area contributed by atoms with E-state index in [9.17, 15) is 0 Å². The zero-order valence-electron chi connectivity index (χ0n) is 5.22. The molecule has 0 saturated carbocycles. The lowest BCUT2D eigenvalue weighted by Gasteiger charge is -1.90. The molecule has 0 atom stereocenters. The highest BCUT2D eigenvalue weighted by Gasteiger charge is 1.93. The van der Waals surface area contributed by atoms with E-state index in [1.807, 2.05) is 0 Å². The van der Waals surface area contributed by atoms with Crippen LogP contribution in [0.25, 0.3) is 0 Å². The molecule has 0 fully saturated rings. The standard InChI is InChI=1S/C6H9NO2/c1-9-4-5-2-6(8)3-7-5/h2-3,7-8H,4H2,1H3. The highest BCUT2D eigenvalue weighted by Crippen LogP contribution is 2.09. The van der Waals surface area contributed by atoms with Gasteiger partial charge < -0.3 is 14.8 Å². The smallest absolute Gasteiger partial charge is 0.133 e. The fourth-order valence-corrected chi connectivity index (χ4v) is 0.667. The zero-order chi connectivity index (χ0) is 6.69. The normalized spacial score (nSPS) is 9.89. The molecule has 2 N–H and O–H groups in total. The molecule has 3 nitrogen and oxygen atoms in total. The fourth-order valence-electron chi connectivity index (χ4n) is 0.667. The Morgan fingerprint density at radius 3 is 3.00 bits per heavy atom. The largest absolute Gasteiger partial charge is 0.506 e. The number of methoxy groups -OCH3 is 1. The number of H-pyrrole nitrogens is 1. The molecule has 0 amide bonds. The van der Waals surface area contributed by atoms with Crippen molar-refractivity contribution >= 4 is 0 Å². The lowest BCUT2D eigenvalue weighted by molar-refractivity contribution is 0.182. The molecule has 0 aliphatic carbocycles. The van der Waals surface area contributed by atoms with Crippen LogP contribution in [-0.4, -0.2) is 17.2 Å². The minimum Gasteiger partial charge on any atom is -0.506 e. The Morgan fingerprint density at radius 1 is 1.78 bits per heavy atom. The number of nitrogens with one attached hydrogen (secondary N) is 1. The first-order chi connectivity index (χ1) is 4.33. The van der Waals surface area contributed by atoms with Crippen LogP contribution in [0, 0.1) is 0 Å². The molecular formula is C6H9NO2. The summed E-state index contributed by atoms with van der Waals surface area (Å²) in [6, 6.07) is 1.63. The van der Waals surface area contributed by atoms with E-state index < -0.39 is 0 Å². The van der Waals surface area contributed by atoms with E-state index >= 15 is 0 Å². The van der Waals surface area contributed by atoms with Gasteiger partial charge in [-0.1, -0.05) is 0 Å². The van der Waals surface area contributed by atoms with Crippen molar-refractivity contribution in [1.29, 1.82) is 0 Å². The summed E-state index contributed by atoms with van der Waals surface area (Å²) in [5.74, 6) is 0.252. The van der Waals surface area contributed by atoms with Crippen molar-refractivity contribution in [2.24, 2.45) is 0 Å².